The van der Waals surface area contributed by atoms with Crippen molar-refractivity contribution in [1.29, 1.82) is 0 Å². The van der Waals surface area contributed by atoms with Gasteiger partial charge < -0.3 is 5.73 Å². The van der Waals surface area contributed by atoms with Crippen LogP contribution in [0.3, 0.4) is 0 Å². The standard InChI is InChI=1S/C12H24N2S/c13-10-11-4-2-1-3-5-12(11)14-6-8-15-9-7-14/h11-12H,1-10,13H2. The van der Waals surface area contributed by atoms with E-state index in [0.717, 1.165) is 18.5 Å². The van der Waals surface area contributed by atoms with Crippen molar-refractivity contribution in [3.05, 3.63) is 0 Å². The number of hydrogen-bond acceptors (Lipinski definition) is 3. The molecule has 88 valence electrons. The van der Waals surface area contributed by atoms with E-state index in [2.05, 4.69) is 16.7 Å². The first-order chi connectivity index (χ1) is 7.42. The molecule has 2 unspecified atom stereocenters. The molecular formula is C12H24N2S. The van der Waals surface area contributed by atoms with Crippen LogP contribution in [0.4, 0.5) is 0 Å². The topological polar surface area (TPSA) is 29.3 Å². The molecule has 2 rings (SSSR count). The summed E-state index contributed by atoms with van der Waals surface area (Å²) < 4.78 is 0. The molecule has 0 aromatic heterocycles. The fraction of sp³-hybridized carbons (Fsp3) is 1.00. The Labute approximate surface area is 98.0 Å². The average Bonchev–Trinajstić information content (AvgIpc) is 2.55. The first-order valence-corrected chi connectivity index (χ1v) is 7.59. The molecule has 1 aliphatic heterocycles. The Balaban J connectivity index is 1.95. The van der Waals surface area contributed by atoms with E-state index in [1.807, 2.05) is 0 Å². The summed E-state index contributed by atoms with van der Waals surface area (Å²) in [6.07, 6.45) is 7.01. The minimum Gasteiger partial charge on any atom is -0.330 e. The first kappa shape index (κ1) is 11.7. The minimum atomic E-state index is 0.774. The highest BCUT2D eigenvalue weighted by Gasteiger charge is 2.28. The third-order valence-corrected chi connectivity index (χ3v) is 4.88. The highest BCUT2D eigenvalue weighted by Crippen LogP contribution is 2.28. The molecule has 2 nitrogen and oxygen atoms in total. The Morgan fingerprint density at radius 3 is 2.53 bits per heavy atom. The van der Waals surface area contributed by atoms with Crippen LogP contribution in [-0.4, -0.2) is 42.1 Å². The van der Waals surface area contributed by atoms with Gasteiger partial charge in [0.2, 0.25) is 0 Å². The average molecular weight is 228 g/mol. The number of hydrogen-bond donors (Lipinski definition) is 1. The summed E-state index contributed by atoms with van der Waals surface area (Å²) in [5, 5.41) is 0. The summed E-state index contributed by atoms with van der Waals surface area (Å²) in [4.78, 5) is 2.72. The predicted octanol–water partition coefficient (Wildman–Crippen LogP) is 1.94. The zero-order valence-corrected chi connectivity index (χ0v) is 10.5. The molecule has 1 saturated carbocycles. The Morgan fingerprint density at radius 1 is 1.07 bits per heavy atom. The molecule has 1 aliphatic carbocycles. The molecule has 0 radical (unpaired) electrons. The molecule has 0 bridgehead atoms. The molecular weight excluding hydrogens is 204 g/mol. The molecule has 2 atom stereocenters. The highest BCUT2D eigenvalue weighted by molar-refractivity contribution is 7.99. The van der Waals surface area contributed by atoms with Crippen LogP contribution in [-0.2, 0) is 0 Å². The maximum absolute atomic E-state index is 5.94. The fourth-order valence-corrected chi connectivity index (χ4v) is 3.96. The van der Waals surface area contributed by atoms with E-state index in [4.69, 9.17) is 5.73 Å². The van der Waals surface area contributed by atoms with Gasteiger partial charge in [-0.25, -0.2) is 0 Å². The van der Waals surface area contributed by atoms with Crippen LogP contribution < -0.4 is 5.73 Å². The van der Waals surface area contributed by atoms with Crippen molar-refractivity contribution in [3.8, 4) is 0 Å². The van der Waals surface area contributed by atoms with E-state index < -0.39 is 0 Å². The van der Waals surface area contributed by atoms with E-state index in [1.165, 1.54) is 56.7 Å². The van der Waals surface area contributed by atoms with Crippen LogP contribution >= 0.6 is 11.8 Å². The summed E-state index contributed by atoms with van der Waals surface area (Å²) in [7, 11) is 0. The Bertz CT molecular complexity index is 180. The lowest BCUT2D eigenvalue weighted by molar-refractivity contribution is 0.149. The minimum absolute atomic E-state index is 0.774. The van der Waals surface area contributed by atoms with Gasteiger partial charge in [0.15, 0.2) is 0 Å². The van der Waals surface area contributed by atoms with E-state index >= 15 is 0 Å². The molecule has 0 spiro atoms. The molecule has 2 fully saturated rings. The molecule has 2 aliphatic rings. The second kappa shape index (κ2) is 6.12. The monoisotopic (exact) mass is 228 g/mol. The lowest BCUT2D eigenvalue weighted by Crippen LogP contribution is -2.46. The van der Waals surface area contributed by atoms with Crippen LogP contribution in [0.2, 0.25) is 0 Å². The molecule has 0 aromatic carbocycles. The summed E-state index contributed by atoms with van der Waals surface area (Å²) in [6, 6.07) is 0.804. The fourth-order valence-electron chi connectivity index (χ4n) is 3.03. The molecule has 1 heterocycles. The number of thioether (sulfide) groups is 1. The largest absolute Gasteiger partial charge is 0.330 e. The Hall–Kier alpha value is 0.270. The number of nitrogens with two attached hydrogens (primary N) is 1. The Kier molecular flexibility index (Phi) is 4.79. The number of rotatable bonds is 2. The van der Waals surface area contributed by atoms with E-state index in [0.29, 0.717) is 0 Å². The molecule has 15 heavy (non-hydrogen) atoms. The van der Waals surface area contributed by atoms with Gasteiger partial charge in [0, 0.05) is 30.6 Å². The van der Waals surface area contributed by atoms with Gasteiger partial charge in [0.05, 0.1) is 0 Å². The van der Waals surface area contributed by atoms with Crippen molar-refractivity contribution < 1.29 is 0 Å². The van der Waals surface area contributed by atoms with Crippen molar-refractivity contribution in [1.82, 2.24) is 4.90 Å². The third kappa shape index (κ3) is 3.11. The van der Waals surface area contributed by atoms with Gasteiger partial charge in [-0.3, -0.25) is 4.90 Å². The van der Waals surface area contributed by atoms with Crippen molar-refractivity contribution in [2.75, 3.05) is 31.1 Å². The molecule has 3 heteroatoms. The van der Waals surface area contributed by atoms with Crippen LogP contribution in [0.5, 0.6) is 0 Å². The van der Waals surface area contributed by atoms with Crippen LogP contribution in [0, 0.1) is 5.92 Å². The van der Waals surface area contributed by atoms with E-state index in [1.54, 1.807) is 0 Å². The molecule has 0 amide bonds. The maximum Gasteiger partial charge on any atom is 0.0136 e. The Morgan fingerprint density at radius 2 is 1.80 bits per heavy atom. The van der Waals surface area contributed by atoms with Crippen LogP contribution in [0.25, 0.3) is 0 Å². The van der Waals surface area contributed by atoms with Gasteiger partial charge in [-0.05, 0) is 25.3 Å². The zero-order valence-electron chi connectivity index (χ0n) is 9.66. The molecule has 2 N–H and O–H groups in total. The van der Waals surface area contributed by atoms with Gasteiger partial charge in [-0.1, -0.05) is 19.3 Å². The quantitative estimate of drug-likeness (QED) is 0.733. The van der Waals surface area contributed by atoms with Crippen molar-refractivity contribution in [3.63, 3.8) is 0 Å². The van der Waals surface area contributed by atoms with Gasteiger partial charge >= 0.3 is 0 Å². The van der Waals surface area contributed by atoms with Gasteiger partial charge in [-0.15, -0.1) is 0 Å². The smallest absolute Gasteiger partial charge is 0.0136 e. The summed E-state index contributed by atoms with van der Waals surface area (Å²) in [6.45, 7) is 3.49. The third-order valence-electron chi connectivity index (χ3n) is 3.94. The second-order valence-corrected chi connectivity index (χ2v) is 6.07. The summed E-state index contributed by atoms with van der Waals surface area (Å²) in [5.74, 6) is 3.43. The first-order valence-electron chi connectivity index (χ1n) is 6.43. The van der Waals surface area contributed by atoms with Crippen molar-refractivity contribution in [2.24, 2.45) is 11.7 Å². The second-order valence-electron chi connectivity index (χ2n) is 4.85. The van der Waals surface area contributed by atoms with Gasteiger partial charge in [0.1, 0.15) is 0 Å². The van der Waals surface area contributed by atoms with Gasteiger partial charge in [-0.2, -0.15) is 11.8 Å². The van der Waals surface area contributed by atoms with Crippen molar-refractivity contribution >= 4 is 11.8 Å². The lowest BCUT2D eigenvalue weighted by Gasteiger charge is -2.38. The molecule has 1 saturated heterocycles. The summed E-state index contributed by atoms with van der Waals surface area (Å²) in [5.41, 5.74) is 5.94. The zero-order chi connectivity index (χ0) is 10.5. The lowest BCUT2D eigenvalue weighted by atomic mass is 9.93. The maximum atomic E-state index is 5.94. The highest BCUT2D eigenvalue weighted by atomic mass is 32.2. The predicted molar refractivity (Wildman–Crippen MR) is 68.3 cm³/mol. The normalized spacial score (nSPS) is 35.0. The molecule has 0 aromatic rings. The SMILES string of the molecule is NCC1CCCCCC1N1CCSCC1. The number of nitrogens with zero attached hydrogens (tertiary/aromatic N) is 1. The van der Waals surface area contributed by atoms with Gasteiger partial charge in [0.25, 0.3) is 0 Å². The van der Waals surface area contributed by atoms with Crippen LogP contribution in [0.1, 0.15) is 32.1 Å². The van der Waals surface area contributed by atoms with Crippen molar-refractivity contribution in [2.45, 2.75) is 38.1 Å². The van der Waals surface area contributed by atoms with Crippen LogP contribution in [0.15, 0.2) is 0 Å². The summed E-state index contributed by atoms with van der Waals surface area (Å²) >= 11 is 2.10. The van der Waals surface area contributed by atoms with E-state index in [-0.39, 0.29) is 0 Å². The van der Waals surface area contributed by atoms with E-state index in [9.17, 15) is 0 Å².